The number of H-pyrrole nitrogens is 1. The summed E-state index contributed by atoms with van der Waals surface area (Å²) < 4.78 is 10.9. The quantitative estimate of drug-likeness (QED) is 0.280. The number of rotatable bonds is 9. The van der Waals surface area contributed by atoms with Crippen molar-refractivity contribution < 1.29 is 19.1 Å². The number of carbonyl (C=O) groups is 2. The number of hydrogen-bond donors (Lipinski definition) is 2. The van der Waals surface area contributed by atoms with E-state index >= 15 is 0 Å². The Morgan fingerprint density at radius 2 is 1.72 bits per heavy atom. The number of para-hydroxylation sites is 1. The summed E-state index contributed by atoms with van der Waals surface area (Å²) >= 11 is 1.81. The summed E-state index contributed by atoms with van der Waals surface area (Å²) in [4.78, 5) is 33.5. The van der Waals surface area contributed by atoms with Gasteiger partial charge in [-0.1, -0.05) is 36.4 Å². The lowest BCUT2D eigenvalue weighted by Gasteiger charge is -2.45. The van der Waals surface area contributed by atoms with Gasteiger partial charge in [-0.15, -0.1) is 0 Å². The van der Waals surface area contributed by atoms with E-state index < -0.39 is 5.54 Å². The third-order valence-electron chi connectivity index (χ3n) is 7.46. The van der Waals surface area contributed by atoms with Crippen molar-refractivity contribution in [3.8, 4) is 11.5 Å². The van der Waals surface area contributed by atoms with Crippen LogP contribution in [0.2, 0.25) is 0 Å². The lowest BCUT2D eigenvalue weighted by molar-refractivity contribution is -0.127. The van der Waals surface area contributed by atoms with Crippen molar-refractivity contribution >= 4 is 40.2 Å². The number of aromatic nitrogens is 1. The Hall–Kier alpha value is -3.91. The molecule has 39 heavy (non-hydrogen) atoms. The molecule has 4 aromatic rings. The Labute approximate surface area is 232 Å². The predicted molar refractivity (Wildman–Crippen MR) is 157 cm³/mol. The highest BCUT2D eigenvalue weighted by molar-refractivity contribution is 7.99. The van der Waals surface area contributed by atoms with Crippen molar-refractivity contribution in [3.05, 3.63) is 90.1 Å². The van der Waals surface area contributed by atoms with Crippen molar-refractivity contribution in [1.82, 2.24) is 9.88 Å². The Bertz CT molecular complexity index is 1450. The number of fused-ring (bicyclic) bond motifs is 1. The van der Waals surface area contributed by atoms with Crippen LogP contribution in [0.25, 0.3) is 10.9 Å². The number of benzene rings is 3. The van der Waals surface area contributed by atoms with E-state index in [-0.39, 0.29) is 11.8 Å². The maximum absolute atomic E-state index is 14.3. The van der Waals surface area contributed by atoms with Crippen LogP contribution in [0.15, 0.2) is 79.0 Å². The van der Waals surface area contributed by atoms with Crippen molar-refractivity contribution in [2.24, 2.45) is 0 Å². The Balaban J connectivity index is 1.51. The monoisotopic (exact) mass is 543 g/mol. The van der Waals surface area contributed by atoms with Crippen LogP contribution in [-0.2, 0) is 11.2 Å². The molecule has 1 fully saturated rings. The van der Waals surface area contributed by atoms with Gasteiger partial charge in [-0.05, 0) is 66.7 Å². The fourth-order valence-corrected chi connectivity index (χ4v) is 6.45. The van der Waals surface area contributed by atoms with E-state index in [4.69, 9.17) is 9.47 Å². The van der Waals surface area contributed by atoms with Gasteiger partial charge in [-0.3, -0.25) is 9.59 Å². The van der Waals surface area contributed by atoms with Crippen LogP contribution in [0.4, 0.5) is 5.69 Å². The SMILES string of the molecule is COc1ccc(NC(=O)C2(N(CCc3c[nH]c4ccccc34)C(=O)c3ccccc3)CCSCC2)c(OC)c1. The lowest BCUT2D eigenvalue weighted by Crippen LogP contribution is -2.61. The molecule has 0 radical (unpaired) electrons. The van der Waals surface area contributed by atoms with Gasteiger partial charge in [0.05, 0.1) is 19.9 Å². The lowest BCUT2D eigenvalue weighted by atomic mass is 9.87. The molecule has 1 aromatic heterocycles. The summed E-state index contributed by atoms with van der Waals surface area (Å²) in [6, 6.07) is 22.7. The Morgan fingerprint density at radius 3 is 2.46 bits per heavy atom. The average molecular weight is 544 g/mol. The van der Waals surface area contributed by atoms with E-state index in [1.807, 2.05) is 71.4 Å². The van der Waals surface area contributed by atoms with Gasteiger partial charge in [0.1, 0.15) is 17.0 Å². The first-order chi connectivity index (χ1) is 19.1. The van der Waals surface area contributed by atoms with Crippen LogP contribution in [0, 0.1) is 0 Å². The summed E-state index contributed by atoms with van der Waals surface area (Å²) in [5.74, 6) is 2.38. The molecule has 8 heteroatoms. The molecule has 1 saturated heterocycles. The molecule has 0 unspecified atom stereocenters. The zero-order valence-electron chi connectivity index (χ0n) is 22.2. The molecular formula is C31H33N3O4S. The second-order valence-corrected chi connectivity index (χ2v) is 10.8. The number of aromatic amines is 1. The fourth-order valence-electron chi connectivity index (χ4n) is 5.29. The van der Waals surface area contributed by atoms with Crippen LogP contribution in [-0.4, -0.2) is 59.5 Å². The summed E-state index contributed by atoms with van der Waals surface area (Å²) in [6.45, 7) is 0.410. The van der Waals surface area contributed by atoms with Gasteiger partial charge >= 0.3 is 0 Å². The Kier molecular flexibility index (Phi) is 8.12. The van der Waals surface area contributed by atoms with Crippen LogP contribution in [0.5, 0.6) is 11.5 Å². The largest absolute Gasteiger partial charge is 0.497 e. The van der Waals surface area contributed by atoms with E-state index in [2.05, 4.69) is 16.4 Å². The molecule has 1 aliphatic heterocycles. The summed E-state index contributed by atoms with van der Waals surface area (Å²) in [5.41, 5.74) is 2.29. The molecule has 0 spiro atoms. The molecule has 1 aliphatic rings. The zero-order chi connectivity index (χ0) is 27.2. The second kappa shape index (κ2) is 11.9. The molecule has 2 N–H and O–H groups in total. The number of nitrogens with zero attached hydrogens (tertiary/aromatic N) is 1. The molecule has 7 nitrogen and oxygen atoms in total. The highest BCUT2D eigenvalue weighted by Crippen LogP contribution is 2.37. The first kappa shape index (κ1) is 26.7. The number of carbonyl (C=O) groups excluding carboxylic acids is 2. The van der Waals surface area contributed by atoms with E-state index in [0.29, 0.717) is 48.6 Å². The van der Waals surface area contributed by atoms with Gasteiger partial charge in [-0.2, -0.15) is 11.8 Å². The molecule has 3 aromatic carbocycles. The standard InChI is InChI=1S/C31H33N3O4S/c1-37-24-12-13-27(28(20-24)38-2)33-30(36)31(15-18-39-19-16-31)34(29(35)22-8-4-3-5-9-22)17-14-23-21-32-26-11-7-6-10-25(23)26/h3-13,20-21,32H,14-19H2,1-2H3,(H,33,36). The highest BCUT2D eigenvalue weighted by Gasteiger charge is 2.47. The minimum Gasteiger partial charge on any atom is -0.497 e. The number of ether oxygens (including phenoxy) is 2. The molecule has 202 valence electrons. The first-order valence-electron chi connectivity index (χ1n) is 13.1. The van der Waals surface area contributed by atoms with Crippen molar-refractivity contribution in [2.45, 2.75) is 24.8 Å². The number of methoxy groups -OCH3 is 2. The van der Waals surface area contributed by atoms with E-state index in [9.17, 15) is 9.59 Å². The number of amides is 2. The molecule has 0 atom stereocenters. The molecule has 0 bridgehead atoms. The van der Waals surface area contributed by atoms with Gasteiger partial charge in [0.25, 0.3) is 11.8 Å². The molecule has 2 amide bonds. The topological polar surface area (TPSA) is 83.7 Å². The Morgan fingerprint density at radius 1 is 0.974 bits per heavy atom. The van der Waals surface area contributed by atoms with Crippen LogP contribution >= 0.6 is 11.8 Å². The van der Waals surface area contributed by atoms with Gasteiger partial charge in [0.2, 0.25) is 0 Å². The molecular weight excluding hydrogens is 510 g/mol. The summed E-state index contributed by atoms with van der Waals surface area (Å²) in [6.07, 6.45) is 3.75. The minimum atomic E-state index is -1.00. The number of hydrogen-bond acceptors (Lipinski definition) is 5. The second-order valence-electron chi connectivity index (χ2n) is 9.60. The van der Waals surface area contributed by atoms with Crippen molar-refractivity contribution in [1.29, 1.82) is 0 Å². The first-order valence-corrected chi connectivity index (χ1v) is 14.2. The molecule has 0 aliphatic carbocycles. The molecule has 0 saturated carbocycles. The third-order valence-corrected chi connectivity index (χ3v) is 8.45. The van der Waals surface area contributed by atoms with E-state index in [1.165, 1.54) is 0 Å². The maximum Gasteiger partial charge on any atom is 0.254 e. The summed E-state index contributed by atoms with van der Waals surface area (Å²) in [7, 11) is 3.15. The number of thioether (sulfide) groups is 1. The van der Waals surface area contributed by atoms with Crippen molar-refractivity contribution in [2.75, 3.05) is 37.6 Å². The number of anilines is 1. The van der Waals surface area contributed by atoms with Gasteiger partial charge in [0, 0.05) is 35.3 Å². The molecule has 2 heterocycles. The zero-order valence-corrected chi connectivity index (χ0v) is 23.1. The average Bonchev–Trinajstić information content (AvgIpc) is 3.41. The van der Waals surface area contributed by atoms with Crippen LogP contribution in [0.1, 0.15) is 28.8 Å². The minimum absolute atomic E-state index is 0.140. The highest BCUT2D eigenvalue weighted by atomic mass is 32.2. The van der Waals surface area contributed by atoms with E-state index in [0.717, 1.165) is 28.0 Å². The predicted octanol–water partition coefficient (Wildman–Crippen LogP) is 5.77. The normalized spacial score (nSPS) is 14.5. The van der Waals surface area contributed by atoms with Gasteiger partial charge in [-0.25, -0.2) is 0 Å². The van der Waals surface area contributed by atoms with Gasteiger partial charge in [0.15, 0.2) is 0 Å². The van der Waals surface area contributed by atoms with Crippen molar-refractivity contribution in [3.63, 3.8) is 0 Å². The summed E-state index contributed by atoms with van der Waals surface area (Å²) in [5, 5.41) is 4.23. The smallest absolute Gasteiger partial charge is 0.254 e. The molecule has 5 rings (SSSR count). The van der Waals surface area contributed by atoms with E-state index in [1.54, 1.807) is 32.4 Å². The van der Waals surface area contributed by atoms with Crippen LogP contribution < -0.4 is 14.8 Å². The van der Waals surface area contributed by atoms with Gasteiger partial charge < -0.3 is 24.7 Å². The number of nitrogens with one attached hydrogen (secondary N) is 2. The van der Waals surface area contributed by atoms with Crippen LogP contribution in [0.3, 0.4) is 0 Å². The third kappa shape index (κ3) is 5.47. The fraction of sp³-hybridized carbons (Fsp3) is 0.290. The maximum atomic E-state index is 14.3.